The predicted molar refractivity (Wildman–Crippen MR) is 138 cm³/mol. The van der Waals surface area contributed by atoms with E-state index in [0.29, 0.717) is 34.6 Å². The Hall–Kier alpha value is -5.12. The van der Waals surface area contributed by atoms with Crippen LogP contribution in [0, 0.1) is 5.82 Å². The van der Waals surface area contributed by atoms with Crippen molar-refractivity contribution in [3.8, 4) is 39.5 Å². The van der Waals surface area contributed by atoms with Gasteiger partial charge in [0.15, 0.2) is 0 Å². The zero-order valence-corrected chi connectivity index (χ0v) is 19.6. The lowest BCUT2D eigenvalue weighted by atomic mass is 10.0. The molecule has 0 aliphatic carbocycles. The molecule has 6 aromatic rings. The van der Waals surface area contributed by atoms with Crippen LogP contribution < -0.4 is 5.32 Å². The van der Waals surface area contributed by atoms with Gasteiger partial charge in [-0.1, -0.05) is 6.92 Å². The molecule has 4 N–H and O–H groups in total. The van der Waals surface area contributed by atoms with E-state index < -0.39 is 5.82 Å². The molecule has 10 heteroatoms. The van der Waals surface area contributed by atoms with Gasteiger partial charge in [0.1, 0.15) is 17.3 Å². The third kappa shape index (κ3) is 4.14. The molecule has 5 heterocycles. The van der Waals surface area contributed by atoms with E-state index in [9.17, 15) is 14.3 Å². The quantitative estimate of drug-likeness (QED) is 0.253. The van der Waals surface area contributed by atoms with Crippen LogP contribution in [0.5, 0.6) is 5.75 Å². The second kappa shape index (κ2) is 8.83. The van der Waals surface area contributed by atoms with Gasteiger partial charge in [0.05, 0.1) is 46.7 Å². The Labute approximate surface area is 209 Å². The van der Waals surface area contributed by atoms with Crippen LogP contribution in [0.25, 0.3) is 55.6 Å². The molecule has 37 heavy (non-hydrogen) atoms. The zero-order chi connectivity index (χ0) is 25.5. The first-order chi connectivity index (χ1) is 18.0. The number of phenols is 1. The smallest absolute Gasteiger partial charge is 0.224 e. The van der Waals surface area contributed by atoms with E-state index in [1.54, 1.807) is 37.9 Å². The Balaban J connectivity index is 1.43. The first-order valence-electron chi connectivity index (χ1n) is 11.5. The minimum Gasteiger partial charge on any atom is -0.508 e. The number of aromatic hydroxyl groups is 1. The highest BCUT2D eigenvalue weighted by Gasteiger charge is 2.16. The Morgan fingerprint density at radius 2 is 1.81 bits per heavy atom. The van der Waals surface area contributed by atoms with Crippen LogP contribution in [-0.2, 0) is 4.79 Å². The number of fused-ring (bicyclic) bond motifs is 2. The monoisotopic (exact) mass is 493 g/mol. The number of hydrogen-bond donors (Lipinski definition) is 4. The summed E-state index contributed by atoms with van der Waals surface area (Å²) in [5.41, 5.74) is 6.09. The van der Waals surface area contributed by atoms with E-state index >= 15 is 0 Å². The van der Waals surface area contributed by atoms with Crippen LogP contribution in [0.3, 0.4) is 0 Å². The van der Waals surface area contributed by atoms with E-state index in [4.69, 9.17) is 0 Å². The van der Waals surface area contributed by atoms with E-state index in [2.05, 4.69) is 35.5 Å². The average Bonchev–Trinajstić information content (AvgIpc) is 3.51. The van der Waals surface area contributed by atoms with Gasteiger partial charge in [-0.15, -0.1) is 0 Å². The maximum absolute atomic E-state index is 14.0. The Kier molecular flexibility index (Phi) is 5.33. The molecule has 0 saturated heterocycles. The number of rotatable bonds is 5. The highest BCUT2D eigenvalue weighted by molar-refractivity contribution is 6.01. The summed E-state index contributed by atoms with van der Waals surface area (Å²) >= 11 is 0. The normalized spacial score (nSPS) is 11.3. The van der Waals surface area contributed by atoms with Crippen LogP contribution in [0.4, 0.5) is 10.1 Å². The number of halogens is 1. The summed E-state index contributed by atoms with van der Waals surface area (Å²) < 4.78 is 14.0. The predicted octanol–water partition coefficient (Wildman–Crippen LogP) is 5.42. The van der Waals surface area contributed by atoms with E-state index in [0.717, 1.165) is 39.1 Å². The summed E-state index contributed by atoms with van der Waals surface area (Å²) in [5.74, 6) is -0.789. The fourth-order valence-corrected chi connectivity index (χ4v) is 4.32. The lowest BCUT2D eigenvalue weighted by Gasteiger charge is -2.06. The Bertz CT molecular complexity index is 1790. The third-order valence-corrected chi connectivity index (χ3v) is 6.08. The minimum absolute atomic E-state index is 0.0967. The highest BCUT2D eigenvalue weighted by atomic mass is 19.1. The van der Waals surface area contributed by atoms with Gasteiger partial charge in [-0.3, -0.25) is 24.8 Å². The fraction of sp³-hybridized carbons (Fsp3) is 0.0741. The van der Waals surface area contributed by atoms with Crippen molar-refractivity contribution in [3.05, 3.63) is 73.2 Å². The number of anilines is 1. The molecule has 0 bridgehead atoms. The van der Waals surface area contributed by atoms with E-state index in [-0.39, 0.29) is 11.7 Å². The molecule has 0 radical (unpaired) electrons. The molecule has 0 aliphatic rings. The summed E-state index contributed by atoms with van der Waals surface area (Å²) in [5, 5.41) is 21.9. The average molecular weight is 494 g/mol. The summed E-state index contributed by atoms with van der Waals surface area (Å²) in [6.07, 6.45) is 8.66. The fourth-order valence-electron chi connectivity index (χ4n) is 4.32. The molecule has 0 unspecified atom stereocenters. The molecule has 182 valence electrons. The Morgan fingerprint density at radius 3 is 2.65 bits per heavy atom. The largest absolute Gasteiger partial charge is 0.508 e. The third-order valence-electron chi connectivity index (χ3n) is 6.08. The molecular weight excluding hydrogens is 473 g/mol. The highest BCUT2D eigenvalue weighted by Crippen LogP contribution is 2.35. The molecular formula is C27H20FN7O2. The van der Waals surface area contributed by atoms with E-state index in [1.165, 1.54) is 12.1 Å². The first kappa shape index (κ1) is 22.4. The molecule has 0 aliphatic heterocycles. The van der Waals surface area contributed by atoms with Gasteiger partial charge in [-0.25, -0.2) is 4.39 Å². The number of hydrogen-bond acceptors (Lipinski definition) is 6. The van der Waals surface area contributed by atoms with Crippen molar-refractivity contribution < 1.29 is 14.3 Å². The van der Waals surface area contributed by atoms with Crippen LogP contribution in [-0.4, -0.2) is 41.1 Å². The SMILES string of the molecule is CCC(=O)Nc1cncc(-c2cc3c(-c4cc5c(-c6cc(O)cc(F)c6)cncc5[nH]4)n[nH]c3cn2)c1. The number of amides is 1. The van der Waals surface area contributed by atoms with Crippen LogP contribution in [0.2, 0.25) is 0 Å². The standard InChI is InChI=1S/C27H20FN7O2/c1-2-26(37)32-17-4-15(9-29-10-17)22-8-20-25(13-31-22)34-35-27(20)23-7-19-21(11-30-12-24(19)33-23)14-3-16(28)6-18(36)5-14/h3-13,33,36H,2H2,1H3,(H,32,37)(H,34,35). The molecule has 0 atom stereocenters. The van der Waals surface area contributed by atoms with Crippen molar-refractivity contribution in [3.63, 3.8) is 0 Å². The lowest BCUT2D eigenvalue weighted by molar-refractivity contribution is -0.115. The van der Waals surface area contributed by atoms with Crippen molar-refractivity contribution in [1.82, 2.24) is 30.1 Å². The van der Waals surface area contributed by atoms with Crippen LogP contribution >= 0.6 is 0 Å². The van der Waals surface area contributed by atoms with E-state index in [1.807, 2.05) is 18.2 Å². The maximum atomic E-state index is 14.0. The van der Waals surface area contributed by atoms with Crippen LogP contribution in [0.1, 0.15) is 13.3 Å². The summed E-state index contributed by atoms with van der Waals surface area (Å²) in [6, 6.07) is 9.57. The number of nitrogens with zero attached hydrogens (tertiary/aromatic N) is 4. The van der Waals surface area contributed by atoms with Crippen molar-refractivity contribution in [1.29, 1.82) is 0 Å². The molecule has 0 fully saturated rings. The van der Waals surface area contributed by atoms with Gasteiger partial charge in [-0.2, -0.15) is 5.10 Å². The summed E-state index contributed by atoms with van der Waals surface area (Å²) in [7, 11) is 0. The molecule has 6 rings (SSSR count). The van der Waals surface area contributed by atoms with Gasteiger partial charge in [0.25, 0.3) is 0 Å². The van der Waals surface area contributed by atoms with Gasteiger partial charge < -0.3 is 15.4 Å². The molecule has 0 saturated carbocycles. The number of nitrogens with one attached hydrogen (secondary N) is 3. The number of H-pyrrole nitrogens is 2. The number of pyridine rings is 3. The van der Waals surface area contributed by atoms with Crippen molar-refractivity contribution in [2.24, 2.45) is 0 Å². The molecule has 5 aromatic heterocycles. The summed E-state index contributed by atoms with van der Waals surface area (Å²) in [4.78, 5) is 28.2. The topological polar surface area (TPSA) is 132 Å². The lowest BCUT2D eigenvalue weighted by Crippen LogP contribution is -2.09. The molecule has 1 amide bonds. The summed E-state index contributed by atoms with van der Waals surface area (Å²) in [6.45, 7) is 1.79. The number of carbonyl (C=O) groups excluding carboxylic acids is 1. The number of phenolic OH excluding ortho intramolecular Hbond substituents is 1. The van der Waals surface area contributed by atoms with Gasteiger partial charge in [0.2, 0.25) is 5.91 Å². The van der Waals surface area contributed by atoms with Gasteiger partial charge in [0, 0.05) is 46.8 Å². The van der Waals surface area contributed by atoms with Crippen LogP contribution in [0.15, 0.2) is 67.4 Å². The van der Waals surface area contributed by atoms with Crippen molar-refractivity contribution >= 4 is 33.4 Å². The second-order valence-electron chi connectivity index (χ2n) is 8.58. The molecule has 0 spiro atoms. The second-order valence-corrected chi connectivity index (χ2v) is 8.58. The molecule has 9 nitrogen and oxygen atoms in total. The number of benzene rings is 1. The zero-order valence-electron chi connectivity index (χ0n) is 19.6. The van der Waals surface area contributed by atoms with Crippen molar-refractivity contribution in [2.75, 3.05) is 5.32 Å². The van der Waals surface area contributed by atoms with Gasteiger partial charge >= 0.3 is 0 Å². The Morgan fingerprint density at radius 1 is 0.946 bits per heavy atom. The molecule has 1 aromatic carbocycles. The maximum Gasteiger partial charge on any atom is 0.224 e. The first-order valence-corrected chi connectivity index (χ1v) is 11.5. The number of carbonyl (C=O) groups is 1. The number of aromatic nitrogens is 6. The minimum atomic E-state index is -0.533. The van der Waals surface area contributed by atoms with Gasteiger partial charge in [-0.05, 0) is 35.9 Å². The number of aromatic amines is 2. The van der Waals surface area contributed by atoms with Crippen molar-refractivity contribution in [2.45, 2.75) is 13.3 Å².